The van der Waals surface area contributed by atoms with Crippen molar-refractivity contribution < 1.29 is 22.4 Å². The summed E-state index contributed by atoms with van der Waals surface area (Å²) in [4.78, 5) is 22.4. The van der Waals surface area contributed by atoms with Crippen LogP contribution in [0.1, 0.15) is 16.1 Å². The average Bonchev–Trinajstić information content (AvgIpc) is 2.89. The average molecular weight is 440 g/mol. The summed E-state index contributed by atoms with van der Waals surface area (Å²) >= 11 is 1.08. The molecule has 1 fully saturated rings. The number of anilines is 3. The first-order valence-electron chi connectivity index (χ1n) is 8.96. The molecule has 0 bridgehead atoms. The molecule has 0 aliphatic carbocycles. The number of rotatable bonds is 3. The van der Waals surface area contributed by atoms with E-state index in [9.17, 15) is 22.4 Å². The van der Waals surface area contributed by atoms with Gasteiger partial charge in [0.2, 0.25) is 11.6 Å². The third-order valence-corrected chi connectivity index (χ3v) is 6.09. The minimum absolute atomic E-state index is 0.0905. The van der Waals surface area contributed by atoms with Crippen molar-refractivity contribution in [3.05, 3.63) is 40.7 Å². The second-order valence-electron chi connectivity index (χ2n) is 6.72. The van der Waals surface area contributed by atoms with E-state index in [0.29, 0.717) is 28.9 Å². The summed E-state index contributed by atoms with van der Waals surface area (Å²) in [5, 5.41) is 0.572. The molecular weight excluding hydrogens is 424 g/mol. The highest BCUT2D eigenvalue weighted by atomic mass is 32.1. The van der Waals surface area contributed by atoms with Crippen LogP contribution in [0.2, 0.25) is 0 Å². The van der Waals surface area contributed by atoms with Crippen LogP contribution in [0.4, 0.5) is 34.6 Å². The number of carbonyl (C=O) groups is 1. The van der Waals surface area contributed by atoms with Gasteiger partial charge in [-0.15, -0.1) is 11.3 Å². The summed E-state index contributed by atoms with van der Waals surface area (Å²) in [6.07, 6.45) is 2.01. The minimum atomic E-state index is -1.69. The number of amides is 1. The summed E-state index contributed by atoms with van der Waals surface area (Å²) < 4.78 is 55.3. The maximum absolute atomic E-state index is 14.2. The lowest BCUT2D eigenvalue weighted by Gasteiger charge is -2.25. The van der Waals surface area contributed by atoms with E-state index in [-0.39, 0.29) is 30.2 Å². The lowest BCUT2D eigenvalue weighted by Crippen LogP contribution is -2.32. The molecule has 158 valence electrons. The fourth-order valence-corrected chi connectivity index (χ4v) is 4.55. The van der Waals surface area contributed by atoms with E-state index in [2.05, 4.69) is 9.97 Å². The lowest BCUT2D eigenvalue weighted by molar-refractivity contribution is 0.100. The van der Waals surface area contributed by atoms with Crippen LogP contribution >= 0.6 is 11.3 Å². The molecule has 4 N–H and O–H groups in total. The number of primary amides is 1. The van der Waals surface area contributed by atoms with Gasteiger partial charge in [-0.1, -0.05) is 0 Å². The molecule has 1 aliphatic heterocycles. The summed E-state index contributed by atoms with van der Waals surface area (Å²) in [6.45, 7) is 1.03. The lowest BCUT2D eigenvalue weighted by atomic mass is 10.2. The second-order valence-corrected chi connectivity index (χ2v) is 7.72. The van der Waals surface area contributed by atoms with E-state index >= 15 is 0 Å². The quantitative estimate of drug-likeness (QED) is 0.480. The van der Waals surface area contributed by atoms with Crippen LogP contribution in [-0.4, -0.2) is 42.1 Å². The van der Waals surface area contributed by atoms with Crippen molar-refractivity contribution in [2.75, 3.05) is 41.7 Å². The molecule has 1 aliphatic rings. The number of pyridine rings is 2. The first-order chi connectivity index (χ1) is 14.3. The van der Waals surface area contributed by atoms with Gasteiger partial charge < -0.3 is 21.3 Å². The van der Waals surface area contributed by atoms with Crippen molar-refractivity contribution in [1.29, 1.82) is 0 Å². The van der Waals surface area contributed by atoms with Gasteiger partial charge in [-0.2, -0.15) is 22.5 Å². The van der Waals surface area contributed by atoms with E-state index in [0.717, 1.165) is 11.3 Å². The van der Waals surface area contributed by atoms with Crippen LogP contribution in [0.15, 0.2) is 12.3 Å². The van der Waals surface area contributed by atoms with E-state index in [4.69, 9.17) is 11.5 Å². The largest absolute Gasteiger partial charge is 0.397 e. The Morgan fingerprint density at radius 2 is 1.67 bits per heavy atom. The Labute approximate surface area is 171 Å². The summed E-state index contributed by atoms with van der Waals surface area (Å²) in [5.74, 6) is -7.09. The van der Waals surface area contributed by atoms with Crippen molar-refractivity contribution in [3.8, 4) is 0 Å². The van der Waals surface area contributed by atoms with Crippen LogP contribution in [-0.2, 0) is 0 Å². The van der Waals surface area contributed by atoms with Crippen molar-refractivity contribution >= 4 is 44.5 Å². The zero-order valence-electron chi connectivity index (χ0n) is 15.5. The minimum Gasteiger partial charge on any atom is -0.397 e. The Morgan fingerprint density at radius 1 is 1.03 bits per heavy atom. The maximum Gasteiger partial charge on any atom is 0.260 e. The van der Waals surface area contributed by atoms with Gasteiger partial charge >= 0.3 is 0 Å². The highest BCUT2D eigenvalue weighted by Crippen LogP contribution is 2.39. The third kappa shape index (κ3) is 3.26. The van der Waals surface area contributed by atoms with Gasteiger partial charge in [0.15, 0.2) is 0 Å². The van der Waals surface area contributed by atoms with Crippen LogP contribution in [0.5, 0.6) is 0 Å². The standard InChI is InChI=1S/C18H16F4N6OS/c19-10-13(11(20)16(22)26-15(10)21)28-5-1-4-27(6-7-28)8-2-3-25-18-9(8)12(23)14(30-18)17(24)29/h2-3H,1,4-7,23H2,(H2,24,29). The highest BCUT2D eigenvalue weighted by Gasteiger charge is 2.28. The zero-order valence-corrected chi connectivity index (χ0v) is 16.3. The molecule has 0 radical (unpaired) electrons. The van der Waals surface area contributed by atoms with Crippen molar-refractivity contribution in [2.24, 2.45) is 5.73 Å². The Hall–Kier alpha value is -3.15. The number of carbonyl (C=O) groups excluding carboxylic acids is 1. The number of nitrogens with zero attached hydrogens (tertiary/aromatic N) is 4. The topological polar surface area (TPSA) is 101 Å². The van der Waals surface area contributed by atoms with Gasteiger partial charge in [-0.25, -0.2) is 4.98 Å². The number of thiophene rings is 1. The number of hydrogen-bond acceptors (Lipinski definition) is 7. The van der Waals surface area contributed by atoms with Crippen LogP contribution in [0.3, 0.4) is 0 Å². The molecule has 0 unspecified atom stereocenters. The normalized spacial score (nSPS) is 14.9. The molecule has 12 heteroatoms. The molecule has 0 spiro atoms. The molecule has 3 aromatic heterocycles. The Kier molecular flexibility index (Phi) is 5.10. The maximum atomic E-state index is 14.2. The number of hydrogen-bond donors (Lipinski definition) is 2. The van der Waals surface area contributed by atoms with Gasteiger partial charge in [0, 0.05) is 32.4 Å². The summed E-state index contributed by atoms with van der Waals surface area (Å²) in [6, 6.07) is 1.72. The van der Waals surface area contributed by atoms with E-state index in [1.165, 1.54) is 4.90 Å². The number of fused-ring (bicyclic) bond motifs is 1. The number of aromatic nitrogens is 2. The monoisotopic (exact) mass is 440 g/mol. The second kappa shape index (κ2) is 7.59. The van der Waals surface area contributed by atoms with Crippen LogP contribution in [0.25, 0.3) is 10.2 Å². The summed E-state index contributed by atoms with van der Waals surface area (Å²) in [5.41, 5.74) is 11.6. The number of nitrogens with two attached hydrogens (primary N) is 2. The molecule has 7 nitrogen and oxygen atoms in total. The molecule has 3 aromatic rings. The molecule has 4 heterocycles. The predicted octanol–water partition coefficient (Wildman–Crippen LogP) is 2.65. The Balaban J connectivity index is 1.68. The van der Waals surface area contributed by atoms with Gasteiger partial charge in [0.25, 0.3) is 17.8 Å². The number of halogens is 4. The van der Waals surface area contributed by atoms with Crippen LogP contribution < -0.4 is 21.3 Å². The predicted molar refractivity (Wildman–Crippen MR) is 106 cm³/mol. The molecule has 0 aromatic carbocycles. The van der Waals surface area contributed by atoms with Gasteiger partial charge in [-0.3, -0.25) is 4.79 Å². The molecule has 30 heavy (non-hydrogen) atoms. The molecular formula is C18H16F4N6OS. The molecule has 0 atom stereocenters. The van der Waals surface area contributed by atoms with Crippen LogP contribution in [0, 0.1) is 23.5 Å². The molecule has 1 amide bonds. The zero-order chi connectivity index (χ0) is 21.6. The first-order valence-corrected chi connectivity index (χ1v) is 9.78. The third-order valence-electron chi connectivity index (χ3n) is 4.96. The summed E-state index contributed by atoms with van der Waals surface area (Å²) in [7, 11) is 0. The van der Waals surface area contributed by atoms with Crippen molar-refractivity contribution in [3.63, 3.8) is 0 Å². The van der Waals surface area contributed by atoms with Gasteiger partial charge in [0.05, 0.1) is 16.8 Å². The first kappa shape index (κ1) is 20.1. The van der Waals surface area contributed by atoms with E-state index in [1.54, 1.807) is 12.3 Å². The molecule has 1 saturated heterocycles. The van der Waals surface area contributed by atoms with Gasteiger partial charge in [-0.05, 0) is 12.5 Å². The SMILES string of the molecule is NC(=O)c1sc2nccc(N3CCCN(c4c(F)c(F)nc(F)c4F)CC3)c2c1N. The Morgan fingerprint density at radius 3 is 2.33 bits per heavy atom. The van der Waals surface area contributed by atoms with Crippen molar-refractivity contribution in [2.45, 2.75) is 6.42 Å². The fraction of sp³-hybridized carbons (Fsp3) is 0.278. The Bertz CT molecular complexity index is 1130. The molecule has 4 rings (SSSR count). The van der Waals surface area contributed by atoms with E-state index < -0.39 is 35.1 Å². The highest BCUT2D eigenvalue weighted by molar-refractivity contribution is 7.21. The van der Waals surface area contributed by atoms with Crippen molar-refractivity contribution in [1.82, 2.24) is 9.97 Å². The fourth-order valence-electron chi connectivity index (χ4n) is 3.61. The smallest absolute Gasteiger partial charge is 0.260 e. The van der Waals surface area contributed by atoms with E-state index in [1.807, 2.05) is 4.90 Å². The molecule has 0 saturated carbocycles. The number of nitrogen functional groups attached to an aromatic ring is 1. The van der Waals surface area contributed by atoms with Gasteiger partial charge in [0.1, 0.15) is 15.4 Å².